The summed E-state index contributed by atoms with van der Waals surface area (Å²) in [7, 11) is 3.31. The first-order valence-electron chi connectivity index (χ1n) is 5.99. The van der Waals surface area contributed by atoms with Crippen LogP contribution in [0.3, 0.4) is 0 Å². The molecule has 104 valence electrons. The van der Waals surface area contributed by atoms with Crippen molar-refractivity contribution in [3.8, 4) is 5.75 Å². The van der Waals surface area contributed by atoms with Crippen LogP contribution in [-0.2, 0) is 4.79 Å². The number of ether oxygens (including phenoxy) is 1. The second-order valence-corrected chi connectivity index (χ2v) is 4.08. The minimum Gasteiger partial charge on any atom is -0.484 e. The molecule has 19 heavy (non-hydrogen) atoms. The van der Waals surface area contributed by atoms with Gasteiger partial charge >= 0.3 is 6.03 Å². The Bertz CT molecular complexity index is 407. The summed E-state index contributed by atoms with van der Waals surface area (Å²) in [6.07, 6.45) is 0. The third kappa shape index (κ3) is 6.30. The van der Waals surface area contributed by atoms with Crippen molar-refractivity contribution in [3.05, 3.63) is 30.3 Å². The molecule has 1 rings (SSSR count). The molecule has 0 aliphatic heterocycles. The van der Waals surface area contributed by atoms with Gasteiger partial charge in [0.15, 0.2) is 6.61 Å². The van der Waals surface area contributed by atoms with E-state index in [-0.39, 0.29) is 18.5 Å². The van der Waals surface area contributed by atoms with Crippen LogP contribution in [0.4, 0.5) is 4.79 Å². The van der Waals surface area contributed by atoms with Crippen molar-refractivity contribution in [2.45, 2.75) is 0 Å². The Morgan fingerprint density at radius 3 is 2.37 bits per heavy atom. The predicted octanol–water partition coefficient (Wildman–Crippen LogP) is 0.453. The SMILES string of the molecule is CN(C)C(=O)NCCNC(=O)COc1ccccc1. The largest absolute Gasteiger partial charge is 0.484 e. The molecule has 0 saturated heterocycles. The fourth-order valence-corrected chi connectivity index (χ4v) is 1.25. The van der Waals surface area contributed by atoms with E-state index in [1.165, 1.54) is 4.90 Å². The zero-order valence-electron chi connectivity index (χ0n) is 11.2. The van der Waals surface area contributed by atoms with Gasteiger partial charge in [0, 0.05) is 27.2 Å². The summed E-state index contributed by atoms with van der Waals surface area (Å²) in [5.74, 6) is 0.432. The van der Waals surface area contributed by atoms with E-state index >= 15 is 0 Å². The fraction of sp³-hybridized carbons (Fsp3) is 0.385. The summed E-state index contributed by atoms with van der Waals surface area (Å²) in [4.78, 5) is 24.0. The highest BCUT2D eigenvalue weighted by Crippen LogP contribution is 2.07. The summed E-state index contributed by atoms with van der Waals surface area (Å²) in [5.41, 5.74) is 0. The molecule has 1 aromatic rings. The number of carbonyl (C=O) groups is 2. The van der Waals surface area contributed by atoms with Crippen LogP contribution in [0, 0.1) is 0 Å². The van der Waals surface area contributed by atoms with Crippen LogP contribution in [0.15, 0.2) is 30.3 Å². The van der Waals surface area contributed by atoms with Crippen molar-refractivity contribution in [1.82, 2.24) is 15.5 Å². The molecule has 0 spiro atoms. The van der Waals surface area contributed by atoms with Gasteiger partial charge in [0.25, 0.3) is 5.91 Å². The smallest absolute Gasteiger partial charge is 0.316 e. The van der Waals surface area contributed by atoms with Crippen molar-refractivity contribution in [2.75, 3.05) is 33.8 Å². The van der Waals surface area contributed by atoms with Crippen molar-refractivity contribution in [2.24, 2.45) is 0 Å². The van der Waals surface area contributed by atoms with E-state index < -0.39 is 0 Å². The Labute approximate surface area is 112 Å². The van der Waals surface area contributed by atoms with E-state index in [4.69, 9.17) is 4.74 Å². The zero-order valence-corrected chi connectivity index (χ0v) is 11.2. The molecule has 1 aromatic carbocycles. The molecular weight excluding hydrogens is 246 g/mol. The van der Waals surface area contributed by atoms with Gasteiger partial charge in [-0.05, 0) is 12.1 Å². The number of rotatable bonds is 6. The third-order valence-corrected chi connectivity index (χ3v) is 2.24. The summed E-state index contributed by atoms with van der Waals surface area (Å²) in [5, 5.41) is 5.29. The van der Waals surface area contributed by atoms with Crippen LogP contribution in [0.25, 0.3) is 0 Å². The number of hydrogen-bond acceptors (Lipinski definition) is 3. The highest BCUT2D eigenvalue weighted by molar-refractivity contribution is 5.77. The Kier molecular flexibility index (Phi) is 6.21. The Balaban J connectivity index is 2.10. The minimum absolute atomic E-state index is 0.0361. The number of hydrogen-bond donors (Lipinski definition) is 2. The van der Waals surface area contributed by atoms with E-state index in [0.717, 1.165) is 0 Å². The average Bonchev–Trinajstić information content (AvgIpc) is 2.42. The van der Waals surface area contributed by atoms with Gasteiger partial charge in [0.2, 0.25) is 0 Å². The van der Waals surface area contributed by atoms with Gasteiger partial charge in [0.1, 0.15) is 5.75 Å². The van der Waals surface area contributed by atoms with Gasteiger partial charge in [-0.25, -0.2) is 4.79 Å². The summed E-state index contributed by atoms with van der Waals surface area (Å²) < 4.78 is 5.28. The standard InChI is InChI=1S/C13H19N3O3/c1-16(2)13(18)15-9-8-14-12(17)10-19-11-6-4-3-5-7-11/h3-7H,8-10H2,1-2H3,(H,14,17)(H,15,18). The lowest BCUT2D eigenvalue weighted by atomic mass is 10.3. The highest BCUT2D eigenvalue weighted by atomic mass is 16.5. The van der Waals surface area contributed by atoms with E-state index in [2.05, 4.69) is 10.6 Å². The first-order chi connectivity index (χ1) is 9.09. The second-order valence-electron chi connectivity index (χ2n) is 4.08. The van der Waals surface area contributed by atoms with E-state index in [0.29, 0.717) is 18.8 Å². The van der Waals surface area contributed by atoms with E-state index in [1.807, 2.05) is 18.2 Å². The lowest BCUT2D eigenvalue weighted by Crippen LogP contribution is -2.40. The molecule has 0 saturated carbocycles. The maximum Gasteiger partial charge on any atom is 0.316 e. The highest BCUT2D eigenvalue weighted by Gasteiger charge is 2.03. The van der Waals surface area contributed by atoms with Crippen LogP contribution in [0.1, 0.15) is 0 Å². The number of amides is 3. The average molecular weight is 265 g/mol. The maximum absolute atomic E-state index is 11.4. The molecule has 0 aromatic heterocycles. The molecule has 6 nitrogen and oxygen atoms in total. The normalized spacial score (nSPS) is 9.58. The van der Waals surface area contributed by atoms with Crippen LogP contribution in [0.5, 0.6) is 5.75 Å². The quantitative estimate of drug-likeness (QED) is 0.734. The summed E-state index contributed by atoms with van der Waals surface area (Å²) in [6.45, 7) is 0.719. The molecule has 2 N–H and O–H groups in total. The number of benzene rings is 1. The van der Waals surface area contributed by atoms with Crippen molar-refractivity contribution in [3.63, 3.8) is 0 Å². The monoisotopic (exact) mass is 265 g/mol. The Morgan fingerprint density at radius 2 is 1.74 bits per heavy atom. The van der Waals surface area contributed by atoms with E-state index in [1.54, 1.807) is 26.2 Å². The lowest BCUT2D eigenvalue weighted by molar-refractivity contribution is -0.123. The number of carbonyl (C=O) groups excluding carboxylic acids is 2. The third-order valence-electron chi connectivity index (χ3n) is 2.24. The molecule has 0 radical (unpaired) electrons. The fourth-order valence-electron chi connectivity index (χ4n) is 1.25. The number of nitrogens with one attached hydrogen (secondary N) is 2. The number of nitrogens with zero attached hydrogens (tertiary/aromatic N) is 1. The molecule has 0 bridgehead atoms. The van der Waals surface area contributed by atoms with Gasteiger partial charge in [-0.2, -0.15) is 0 Å². The predicted molar refractivity (Wildman–Crippen MR) is 72.0 cm³/mol. The van der Waals surface area contributed by atoms with Crippen molar-refractivity contribution < 1.29 is 14.3 Å². The molecule has 0 atom stereocenters. The first-order valence-corrected chi connectivity index (χ1v) is 5.99. The minimum atomic E-state index is -0.219. The Morgan fingerprint density at radius 1 is 1.11 bits per heavy atom. The molecule has 0 fully saturated rings. The molecular formula is C13H19N3O3. The zero-order chi connectivity index (χ0) is 14.1. The lowest BCUT2D eigenvalue weighted by Gasteiger charge is -2.12. The number of urea groups is 1. The Hall–Kier alpha value is -2.24. The molecule has 0 unspecified atom stereocenters. The maximum atomic E-state index is 11.4. The molecule has 0 aliphatic rings. The van der Waals surface area contributed by atoms with Gasteiger partial charge in [-0.3, -0.25) is 4.79 Å². The molecule has 3 amide bonds. The van der Waals surface area contributed by atoms with E-state index in [9.17, 15) is 9.59 Å². The topological polar surface area (TPSA) is 70.7 Å². The van der Waals surface area contributed by atoms with Gasteiger partial charge in [0.05, 0.1) is 0 Å². The van der Waals surface area contributed by atoms with Crippen LogP contribution < -0.4 is 15.4 Å². The van der Waals surface area contributed by atoms with Crippen molar-refractivity contribution >= 4 is 11.9 Å². The van der Waals surface area contributed by atoms with Gasteiger partial charge < -0.3 is 20.3 Å². The van der Waals surface area contributed by atoms with Gasteiger partial charge in [-0.15, -0.1) is 0 Å². The van der Waals surface area contributed by atoms with Gasteiger partial charge in [-0.1, -0.05) is 18.2 Å². The molecule has 0 heterocycles. The number of para-hydroxylation sites is 1. The van der Waals surface area contributed by atoms with Crippen LogP contribution >= 0.6 is 0 Å². The summed E-state index contributed by atoms with van der Waals surface area (Å²) in [6, 6.07) is 8.93. The van der Waals surface area contributed by atoms with Crippen LogP contribution in [0.2, 0.25) is 0 Å². The molecule has 0 aliphatic carbocycles. The second kappa shape index (κ2) is 7.97. The molecule has 6 heteroatoms. The summed E-state index contributed by atoms with van der Waals surface area (Å²) >= 11 is 0. The first kappa shape index (κ1) is 14.8. The van der Waals surface area contributed by atoms with Crippen molar-refractivity contribution in [1.29, 1.82) is 0 Å². The van der Waals surface area contributed by atoms with Crippen LogP contribution in [-0.4, -0.2) is 50.6 Å².